The van der Waals surface area contributed by atoms with Gasteiger partial charge in [0, 0.05) is 24.4 Å². The molecule has 0 aliphatic carbocycles. The third kappa shape index (κ3) is 3.79. The lowest BCUT2D eigenvalue weighted by Gasteiger charge is -2.07. The highest BCUT2D eigenvalue weighted by Crippen LogP contribution is 2.24. The van der Waals surface area contributed by atoms with Gasteiger partial charge in [-0.25, -0.2) is 0 Å². The second kappa shape index (κ2) is 7.35. The monoisotopic (exact) mass is 245 g/mol. The van der Waals surface area contributed by atoms with Gasteiger partial charge < -0.3 is 15.8 Å². The van der Waals surface area contributed by atoms with Gasteiger partial charge in [-0.2, -0.15) is 0 Å². The molecule has 0 atom stereocenters. The zero-order valence-electron chi connectivity index (χ0n) is 11.2. The highest BCUT2D eigenvalue weighted by atomic mass is 16.5. The van der Waals surface area contributed by atoms with Crippen LogP contribution < -0.4 is 15.8 Å². The maximum atomic E-state index is 5.37. The molecule has 1 rings (SSSR count). The second-order valence-corrected chi connectivity index (χ2v) is 3.73. The van der Waals surface area contributed by atoms with Crippen LogP contribution in [0.2, 0.25) is 0 Å². The third-order valence-electron chi connectivity index (χ3n) is 2.62. The van der Waals surface area contributed by atoms with E-state index in [2.05, 4.69) is 11.1 Å². The van der Waals surface area contributed by atoms with Gasteiger partial charge in [0.1, 0.15) is 5.75 Å². The maximum Gasteiger partial charge on any atom is 0.128 e. The van der Waals surface area contributed by atoms with Gasteiger partial charge in [0.25, 0.3) is 0 Å². The summed E-state index contributed by atoms with van der Waals surface area (Å²) in [5.41, 5.74) is 6.90. The lowest BCUT2D eigenvalue weighted by Crippen LogP contribution is -2.39. The molecule has 1 aromatic rings. The molecular weight excluding hydrogens is 224 g/mol. The fraction of sp³-hybridized carbons (Fsp3) is 0.200. The molecule has 3 nitrogen and oxygen atoms in total. The summed E-state index contributed by atoms with van der Waals surface area (Å²) in [7, 11) is 3.57. The van der Waals surface area contributed by atoms with Crippen LogP contribution in [0.15, 0.2) is 48.2 Å². The standard InChI is InChI=1S/C15H20N2O/c1-4-12(9-10-16)5-6-13-7-8-14(17-2)11-15(13)18-3/h4-11,17H,16H2,1-3H3/p+1/b6-5+,10-9-,12-4-. The number of hydrogen-bond acceptors (Lipinski definition) is 2. The Labute approximate surface area is 109 Å². The highest BCUT2D eigenvalue weighted by Gasteiger charge is 2.00. The van der Waals surface area contributed by atoms with Gasteiger partial charge in [-0.3, -0.25) is 0 Å². The molecule has 0 aliphatic rings. The van der Waals surface area contributed by atoms with Crippen molar-refractivity contribution in [3.8, 4) is 5.75 Å². The van der Waals surface area contributed by atoms with Crippen molar-refractivity contribution in [1.29, 1.82) is 0 Å². The molecule has 0 saturated heterocycles. The predicted molar refractivity (Wildman–Crippen MR) is 77.4 cm³/mol. The van der Waals surface area contributed by atoms with Crippen molar-refractivity contribution in [3.05, 3.63) is 53.8 Å². The van der Waals surface area contributed by atoms with Crippen molar-refractivity contribution >= 4 is 11.8 Å². The van der Waals surface area contributed by atoms with Gasteiger partial charge in [-0.15, -0.1) is 0 Å². The molecule has 0 bridgehead atoms. The van der Waals surface area contributed by atoms with E-state index in [1.165, 1.54) is 0 Å². The molecule has 0 aliphatic heterocycles. The molecule has 96 valence electrons. The van der Waals surface area contributed by atoms with Crippen LogP contribution in [0.25, 0.3) is 6.08 Å². The van der Waals surface area contributed by atoms with E-state index in [1.54, 1.807) is 13.3 Å². The Kier molecular flexibility index (Phi) is 5.74. The van der Waals surface area contributed by atoms with Crippen molar-refractivity contribution in [2.24, 2.45) is 0 Å². The van der Waals surface area contributed by atoms with E-state index in [0.717, 1.165) is 22.6 Å². The summed E-state index contributed by atoms with van der Waals surface area (Å²) in [6.07, 6.45) is 9.85. The van der Waals surface area contributed by atoms with Gasteiger partial charge in [0.2, 0.25) is 0 Å². The van der Waals surface area contributed by atoms with Crippen LogP contribution in [-0.2, 0) is 0 Å². The maximum absolute atomic E-state index is 5.37. The van der Waals surface area contributed by atoms with Crippen LogP contribution in [0.5, 0.6) is 5.75 Å². The molecule has 0 unspecified atom stereocenters. The van der Waals surface area contributed by atoms with E-state index in [0.29, 0.717) is 0 Å². The van der Waals surface area contributed by atoms with Crippen molar-refractivity contribution in [3.63, 3.8) is 0 Å². The SMILES string of the molecule is C/C=C(\C=C/[NH3+])/C=C/c1ccc(NC)cc1OC. The minimum absolute atomic E-state index is 0.854. The molecule has 0 amide bonds. The van der Waals surface area contributed by atoms with Gasteiger partial charge in [0.05, 0.1) is 13.3 Å². The van der Waals surface area contributed by atoms with E-state index >= 15 is 0 Å². The van der Waals surface area contributed by atoms with Crippen molar-refractivity contribution < 1.29 is 10.5 Å². The number of allylic oxidation sites excluding steroid dienone is 4. The first kappa shape index (κ1) is 14.1. The summed E-state index contributed by atoms with van der Waals surface area (Å²) in [4.78, 5) is 0. The van der Waals surface area contributed by atoms with Gasteiger partial charge in [-0.05, 0) is 30.7 Å². The molecular formula is C15H21N2O+. The number of quaternary nitrogens is 1. The molecule has 0 aromatic heterocycles. The van der Waals surface area contributed by atoms with Crippen LogP contribution in [0.3, 0.4) is 0 Å². The minimum Gasteiger partial charge on any atom is -0.496 e. The molecule has 18 heavy (non-hydrogen) atoms. The van der Waals surface area contributed by atoms with Gasteiger partial charge in [-0.1, -0.05) is 18.2 Å². The molecule has 0 saturated carbocycles. The number of hydrogen-bond donors (Lipinski definition) is 2. The number of nitrogens with one attached hydrogen (secondary N) is 1. The largest absolute Gasteiger partial charge is 0.496 e. The molecule has 0 spiro atoms. The lowest BCUT2D eigenvalue weighted by molar-refractivity contribution is -0.274. The summed E-state index contributed by atoms with van der Waals surface area (Å²) in [5, 5.41) is 3.09. The number of rotatable bonds is 5. The van der Waals surface area contributed by atoms with E-state index in [1.807, 2.05) is 56.5 Å². The zero-order chi connectivity index (χ0) is 13.4. The van der Waals surface area contributed by atoms with E-state index < -0.39 is 0 Å². The van der Waals surface area contributed by atoms with Crippen LogP contribution in [0, 0.1) is 0 Å². The average molecular weight is 245 g/mol. The summed E-state index contributed by atoms with van der Waals surface area (Å²) in [6.45, 7) is 2.00. The first-order valence-corrected chi connectivity index (χ1v) is 5.91. The Morgan fingerprint density at radius 3 is 2.67 bits per heavy atom. The van der Waals surface area contributed by atoms with Crippen LogP contribution in [-0.4, -0.2) is 14.2 Å². The Morgan fingerprint density at radius 2 is 2.11 bits per heavy atom. The van der Waals surface area contributed by atoms with Crippen molar-refractivity contribution in [2.75, 3.05) is 19.5 Å². The molecule has 0 radical (unpaired) electrons. The fourth-order valence-corrected chi connectivity index (χ4v) is 1.57. The summed E-state index contributed by atoms with van der Waals surface area (Å²) in [5.74, 6) is 0.854. The van der Waals surface area contributed by atoms with E-state index in [9.17, 15) is 0 Å². The highest BCUT2D eigenvalue weighted by molar-refractivity contribution is 5.64. The Morgan fingerprint density at radius 1 is 1.33 bits per heavy atom. The van der Waals surface area contributed by atoms with Crippen molar-refractivity contribution in [2.45, 2.75) is 6.92 Å². The zero-order valence-corrected chi connectivity index (χ0v) is 11.2. The lowest BCUT2D eigenvalue weighted by atomic mass is 10.1. The molecule has 1 aromatic carbocycles. The number of anilines is 1. The normalized spacial score (nSPS) is 12.3. The smallest absolute Gasteiger partial charge is 0.128 e. The fourth-order valence-electron chi connectivity index (χ4n) is 1.57. The molecule has 0 fully saturated rings. The third-order valence-corrected chi connectivity index (χ3v) is 2.62. The number of benzene rings is 1. The average Bonchev–Trinajstić information content (AvgIpc) is 2.43. The van der Waals surface area contributed by atoms with Crippen molar-refractivity contribution in [1.82, 2.24) is 0 Å². The Hall–Kier alpha value is -2.00. The first-order valence-electron chi connectivity index (χ1n) is 5.91. The quantitative estimate of drug-likeness (QED) is 0.783. The van der Waals surface area contributed by atoms with Gasteiger partial charge >= 0.3 is 0 Å². The molecule has 4 N–H and O–H groups in total. The summed E-state index contributed by atoms with van der Waals surface area (Å²) >= 11 is 0. The molecule has 0 heterocycles. The summed E-state index contributed by atoms with van der Waals surface area (Å²) < 4.78 is 5.37. The second-order valence-electron chi connectivity index (χ2n) is 3.73. The number of methoxy groups -OCH3 is 1. The first-order chi connectivity index (χ1) is 8.74. The van der Waals surface area contributed by atoms with Crippen LogP contribution in [0.1, 0.15) is 12.5 Å². The van der Waals surface area contributed by atoms with Crippen LogP contribution >= 0.6 is 0 Å². The number of ether oxygens (including phenoxy) is 1. The predicted octanol–water partition coefficient (Wildman–Crippen LogP) is 2.45. The Bertz CT molecular complexity index is 473. The van der Waals surface area contributed by atoms with Crippen LogP contribution in [0.4, 0.5) is 5.69 Å². The topological polar surface area (TPSA) is 48.9 Å². The Balaban J connectivity index is 3.00. The van der Waals surface area contributed by atoms with E-state index in [4.69, 9.17) is 4.74 Å². The van der Waals surface area contributed by atoms with Gasteiger partial charge in [0.15, 0.2) is 0 Å². The molecule has 3 heteroatoms. The minimum atomic E-state index is 0.854. The van der Waals surface area contributed by atoms with E-state index in [-0.39, 0.29) is 0 Å². The summed E-state index contributed by atoms with van der Waals surface area (Å²) in [6, 6.07) is 6.03.